The highest BCUT2D eigenvalue weighted by atomic mass is 127. The van der Waals surface area contributed by atoms with Gasteiger partial charge in [-0.15, -0.1) is 24.0 Å². The Morgan fingerprint density at radius 1 is 1.23 bits per heavy atom. The van der Waals surface area contributed by atoms with Gasteiger partial charge in [-0.2, -0.15) is 0 Å². The quantitative estimate of drug-likeness (QED) is 0.272. The lowest BCUT2D eigenvalue weighted by molar-refractivity contribution is -0.122. The van der Waals surface area contributed by atoms with E-state index in [0.29, 0.717) is 19.0 Å². The number of halogens is 1. The van der Waals surface area contributed by atoms with Crippen LogP contribution in [0.15, 0.2) is 4.99 Å². The van der Waals surface area contributed by atoms with Crippen LogP contribution in [-0.2, 0) is 14.6 Å². The van der Waals surface area contributed by atoms with Crippen molar-refractivity contribution in [1.29, 1.82) is 0 Å². The average Bonchev–Trinajstić information content (AvgIpc) is 2.54. The van der Waals surface area contributed by atoms with E-state index in [-0.39, 0.29) is 41.7 Å². The number of likely N-dealkylation sites (tertiary alicyclic amines) is 1. The smallest absolute Gasteiger partial charge is 0.233 e. The molecule has 3 N–H and O–H groups in total. The summed E-state index contributed by atoms with van der Waals surface area (Å²) in [5.74, 6) is 0.722. The van der Waals surface area contributed by atoms with Crippen LogP contribution >= 0.6 is 24.0 Å². The van der Waals surface area contributed by atoms with Crippen molar-refractivity contribution in [1.82, 2.24) is 20.9 Å². The maximum Gasteiger partial charge on any atom is 0.233 e. The predicted octanol–water partition coefficient (Wildman–Crippen LogP) is 0.193. The summed E-state index contributed by atoms with van der Waals surface area (Å²) in [6.45, 7) is 7.59. The monoisotopic (exact) mass is 503 g/mol. The van der Waals surface area contributed by atoms with E-state index in [1.165, 1.54) is 0 Å². The van der Waals surface area contributed by atoms with Gasteiger partial charge in [-0.3, -0.25) is 14.7 Å². The van der Waals surface area contributed by atoms with Gasteiger partial charge in [-0.25, -0.2) is 8.42 Å². The molecule has 0 unspecified atom stereocenters. The fourth-order valence-corrected chi connectivity index (χ4v) is 3.50. The molecule has 1 heterocycles. The number of aliphatic imine (C=N–C) groups is 1. The van der Waals surface area contributed by atoms with E-state index in [0.717, 1.165) is 25.9 Å². The van der Waals surface area contributed by atoms with Gasteiger partial charge in [0.2, 0.25) is 5.91 Å². The van der Waals surface area contributed by atoms with Gasteiger partial charge in [0, 0.05) is 39.8 Å². The van der Waals surface area contributed by atoms with Crippen molar-refractivity contribution >= 4 is 45.7 Å². The summed E-state index contributed by atoms with van der Waals surface area (Å²) in [6.07, 6.45) is 1.83. The van der Waals surface area contributed by atoms with Gasteiger partial charge in [0.1, 0.15) is 0 Å². The van der Waals surface area contributed by atoms with Gasteiger partial charge < -0.3 is 16.0 Å². The first-order valence-corrected chi connectivity index (χ1v) is 10.4. The molecule has 1 aliphatic rings. The molecule has 154 valence electrons. The van der Waals surface area contributed by atoms with Crippen molar-refractivity contribution in [2.45, 2.75) is 44.4 Å². The Balaban J connectivity index is 0.00000625. The highest BCUT2D eigenvalue weighted by Crippen LogP contribution is 2.15. The topological polar surface area (TPSA) is 103 Å². The Kier molecular flexibility index (Phi) is 11.0. The zero-order valence-corrected chi connectivity index (χ0v) is 19.6. The van der Waals surface area contributed by atoms with Crippen LogP contribution in [0.3, 0.4) is 0 Å². The molecule has 0 radical (unpaired) electrons. The van der Waals surface area contributed by atoms with Crippen LogP contribution in [0.2, 0.25) is 0 Å². The summed E-state index contributed by atoms with van der Waals surface area (Å²) in [6, 6.07) is 0.270. The lowest BCUT2D eigenvalue weighted by atomic mass is 10.1. The number of likely N-dealkylation sites (N-methyl/N-ethyl adjacent to an activating group) is 1. The van der Waals surface area contributed by atoms with Crippen LogP contribution in [-0.4, -0.2) is 82.0 Å². The second-order valence-electron chi connectivity index (χ2n) is 7.30. The summed E-state index contributed by atoms with van der Waals surface area (Å²) < 4.78 is 23.5. The Bertz CT molecular complexity index is 567. The second kappa shape index (κ2) is 11.3. The molecule has 1 saturated heterocycles. The lowest BCUT2D eigenvalue weighted by Crippen LogP contribution is -2.50. The first-order valence-electron chi connectivity index (χ1n) is 8.71. The fraction of sp³-hybridized carbons (Fsp3) is 0.875. The maximum absolute atomic E-state index is 12.1. The first-order chi connectivity index (χ1) is 11.6. The molecule has 0 aliphatic carbocycles. The van der Waals surface area contributed by atoms with Crippen molar-refractivity contribution in [2.75, 3.05) is 46.0 Å². The molecule has 0 bridgehead atoms. The Labute approximate surface area is 174 Å². The third-order valence-corrected chi connectivity index (χ3v) is 7.00. The van der Waals surface area contributed by atoms with E-state index in [2.05, 4.69) is 25.8 Å². The van der Waals surface area contributed by atoms with Gasteiger partial charge in [-0.05, 0) is 33.6 Å². The number of hydrogen-bond donors (Lipinski definition) is 3. The summed E-state index contributed by atoms with van der Waals surface area (Å²) in [5.41, 5.74) is 0. The number of nitrogens with zero attached hydrogens (tertiary/aromatic N) is 2. The third-order valence-electron chi connectivity index (χ3n) is 4.39. The van der Waals surface area contributed by atoms with Crippen LogP contribution in [0.5, 0.6) is 0 Å². The van der Waals surface area contributed by atoms with Crippen LogP contribution in [0.1, 0.15) is 33.6 Å². The van der Waals surface area contributed by atoms with Crippen LogP contribution in [0.25, 0.3) is 0 Å². The molecular formula is C16H34IN5O3S. The minimum Gasteiger partial charge on any atom is -0.358 e. The summed E-state index contributed by atoms with van der Waals surface area (Å²) >= 11 is 0. The predicted molar refractivity (Wildman–Crippen MR) is 117 cm³/mol. The minimum atomic E-state index is -3.15. The second-order valence-corrected chi connectivity index (χ2v) is 10.2. The molecule has 0 aromatic heterocycles. The molecule has 1 fully saturated rings. The molecule has 26 heavy (non-hydrogen) atoms. The number of nitrogens with one attached hydrogen (secondary N) is 3. The van der Waals surface area contributed by atoms with Gasteiger partial charge in [0.25, 0.3) is 0 Å². The van der Waals surface area contributed by atoms with Gasteiger partial charge in [0.05, 0.1) is 17.0 Å². The SMILES string of the molecule is CN=C(NCCS(=O)(=O)C(C)(C)C)NC1CCN(CC(=O)NC)CC1.I. The number of rotatable bonds is 6. The van der Waals surface area contributed by atoms with Crippen molar-refractivity contribution < 1.29 is 13.2 Å². The summed E-state index contributed by atoms with van der Waals surface area (Å²) in [5, 5.41) is 9.05. The summed E-state index contributed by atoms with van der Waals surface area (Å²) in [4.78, 5) is 17.7. The standard InChI is InChI=1S/C16H33N5O3S.HI/c1-16(2,3)25(23,24)11-8-19-15(18-5)20-13-6-9-21(10-7-13)12-14(22)17-4;/h13H,6-12H2,1-5H3,(H,17,22)(H2,18,19,20);1H. The fourth-order valence-electron chi connectivity index (χ4n) is 2.52. The molecule has 0 aromatic carbocycles. The first kappa shape index (κ1) is 25.4. The van der Waals surface area contributed by atoms with Gasteiger partial charge in [0.15, 0.2) is 15.8 Å². The third kappa shape index (κ3) is 8.38. The summed E-state index contributed by atoms with van der Waals surface area (Å²) in [7, 11) is 0.174. The normalized spacial score (nSPS) is 17.3. The van der Waals surface area contributed by atoms with Crippen LogP contribution in [0, 0.1) is 0 Å². The van der Waals surface area contributed by atoms with E-state index < -0.39 is 14.6 Å². The number of piperidine rings is 1. The van der Waals surface area contributed by atoms with Crippen molar-refractivity contribution in [3.63, 3.8) is 0 Å². The van der Waals surface area contributed by atoms with Crippen molar-refractivity contribution in [2.24, 2.45) is 4.99 Å². The minimum absolute atomic E-state index is 0. The molecule has 10 heteroatoms. The van der Waals surface area contributed by atoms with E-state index in [1.54, 1.807) is 34.9 Å². The Morgan fingerprint density at radius 2 is 1.81 bits per heavy atom. The molecule has 1 rings (SSSR count). The molecule has 8 nitrogen and oxygen atoms in total. The average molecular weight is 503 g/mol. The zero-order chi connectivity index (χ0) is 19.1. The van der Waals surface area contributed by atoms with E-state index in [1.807, 2.05) is 0 Å². The molecular weight excluding hydrogens is 469 g/mol. The molecule has 0 aromatic rings. The zero-order valence-electron chi connectivity index (χ0n) is 16.5. The highest BCUT2D eigenvalue weighted by molar-refractivity contribution is 14.0. The van der Waals surface area contributed by atoms with Crippen molar-refractivity contribution in [3.8, 4) is 0 Å². The number of guanidine groups is 1. The maximum atomic E-state index is 12.1. The van der Waals surface area contributed by atoms with E-state index >= 15 is 0 Å². The Hall–Kier alpha value is -0.620. The number of hydrogen-bond acceptors (Lipinski definition) is 5. The largest absolute Gasteiger partial charge is 0.358 e. The van der Waals surface area contributed by atoms with Crippen LogP contribution in [0.4, 0.5) is 0 Å². The number of carbonyl (C=O) groups is 1. The number of sulfone groups is 1. The molecule has 0 atom stereocenters. The van der Waals surface area contributed by atoms with E-state index in [9.17, 15) is 13.2 Å². The molecule has 1 amide bonds. The molecule has 0 spiro atoms. The van der Waals surface area contributed by atoms with E-state index in [4.69, 9.17) is 0 Å². The number of carbonyl (C=O) groups excluding carboxylic acids is 1. The van der Waals surface area contributed by atoms with Crippen LogP contribution < -0.4 is 16.0 Å². The molecule has 0 saturated carbocycles. The Morgan fingerprint density at radius 3 is 2.27 bits per heavy atom. The number of amides is 1. The highest BCUT2D eigenvalue weighted by Gasteiger charge is 2.28. The van der Waals surface area contributed by atoms with Gasteiger partial charge >= 0.3 is 0 Å². The van der Waals surface area contributed by atoms with Gasteiger partial charge in [-0.1, -0.05) is 0 Å². The van der Waals surface area contributed by atoms with Crippen molar-refractivity contribution in [3.05, 3.63) is 0 Å². The lowest BCUT2D eigenvalue weighted by Gasteiger charge is -2.32. The molecule has 1 aliphatic heterocycles.